The maximum Gasteiger partial charge on any atom is 0.331 e. The van der Waals surface area contributed by atoms with E-state index < -0.39 is 5.60 Å². The molecule has 3 fully saturated rings. The summed E-state index contributed by atoms with van der Waals surface area (Å²) >= 11 is 0. The summed E-state index contributed by atoms with van der Waals surface area (Å²) in [4.78, 5) is 16.8. The van der Waals surface area contributed by atoms with E-state index in [1.54, 1.807) is 0 Å². The molecule has 18 heavy (non-hydrogen) atoms. The number of ether oxygens (including phenoxy) is 1. The average Bonchev–Trinajstić information content (AvgIpc) is 2.28. The van der Waals surface area contributed by atoms with Crippen molar-refractivity contribution < 1.29 is 9.53 Å². The van der Waals surface area contributed by atoms with E-state index in [2.05, 4.69) is 27.7 Å². The van der Waals surface area contributed by atoms with E-state index in [-0.39, 0.29) is 12.0 Å². The van der Waals surface area contributed by atoms with Gasteiger partial charge in [-0.1, -0.05) is 27.2 Å². The molecule has 0 aromatic heterocycles. The van der Waals surface area contributed by atoms with Gasteiger partial charge >= 0.3 is 5.97 Å². The number of carbonyl (C=O) groups excluding carboxylic acids is 1. The fraction of sp³-hybridized carbons (Fsp3) is 0.867. The number of aliphatic imine (C=N–C) groups is 1. The lowest BCUT2D eigenvalue weighted by molar-refractivity contribution is -0.187. The standard InChI is InChI=1S/C15H23NO2/c1-5-6-10-13(17)18-15(4)11-7-9(14(11,2)3)8-12(15)16-10/h9-11H,5-8H2,1-4H3/t9-,10-,11-,15-/m0/s1. The molecule has 3 saturated carbocycles. The lowest BCUT2D eigenvalue weighted by Gasteiger charge is -2.64. The maximum absolute atomic E-state index is 12.1. The fourth-order valence-electron chi connectivity index (χ4n) is 4.22. The van der Waals surface area contributed by atoms with Gasteiger partial charge < -0.3 is 4.74 Å². The van der Waals surface area contributed by atoms with Gasteiger partial charge in [-0.05, 0) is 37.5 Å². The van der Waals surface area contributed by atoms with Crippen LogP contribution in [0.5, 0.6) is 0 Å². The zero-order valence-corrected chi connectivity index (χ0v) is 11.8. The molecule has 0 saturated heterocycles. The van der Waals surface area contributed by atoms with Crippen LogP contribution in [-0.2, 0) is 9.53 Å². The lowest BCUT2D eigenvalue weighted by Crippen LogP contribution is -2.68. The highest BCUT2D eigenvalue weighted by atomic mass is 16.6. The monoisotopic (exact) mass is 249 g/mol. The molecule has 3 heteroatoms. The molecule has 0 radical (unpaired) electrons. The second-order valence-electron chi connectivity index (χ2n) is 6.92. The van der Waals surface area contributed by atoms with Crippen molar-refractivity contribution in [2.75, 3.05) is 0 Å². The van der Waals surface area contributed by atoms with Gasteiger partial charge in [0.25, 0.3) is 0 Å². The molecule has 0 amide bonds. The van der Waals surface area contributed by atoms with Crippen molar-refractivity contribution in [3.63, 3.8) is 0 Å². The number of nitrogens with zero attached hydrogens (tertiary/aromatic N) is 1. The maximum atomic E-state index is 12.1. The molecular weight excluding hydrogens is 226 g/mol. The predicted molar refractivity (Wildman–Crippen MR) is 70.6 cm³/mol. The third kappa shape index (κ3) is 1.36. The molecule has 1 aliphatic heterocycles. The Balaban J connectivity index is 1.94. The van der Waals surface area contributed by atoms with E-state index in [9.17, 15) is 4.79 Å². The number of rotatable bonds is 2. The van der Waals surface area contributed by atoms with Crippen molar-refractivity contribution in [2.45, 2.75) is 65.0 Å². The molecule has 0 aromatic rings. The van der Waals surface area contributed by atoms with Crippen LogP contribution >= 0.6 is 0 Å². The molecule has 3 aliphatic carbocycles. The molecule has 0 spiro atoms. The van der Waals surface area contributed by atoms with Crippen molar-refractivity contribution in [3.05, 3.63) is 0 Å². The van der Waals surface area contributed by atoms with Crippen molar-refractivity contribution in [1.82, 2.24) is 0 Å². The van der Waals surface area contributed by atoms with Crippen LogP contribution in [0.3, 0.4) is 0 Å². The van der Waals surface area contributed by atoms with Gasteiger partial charge in [-0.2, -0.15) is 0 Å². The molecule has 1 heterocycles. The van der Waals surface area contributed by atoms with Crippen LogP contribution in [-0.4, -0.2) is 23.3 Å². The highest BCUT2D eigenvalue weighted by Gasteiger charge is 2.65. The highest BCUT2D eigenvalue weighted by Crippen LogP contribution is 2.63. The first-order valence-electron chi connectivity index (χ1n) is 7.19. The van der Waals surface area contributed by atoms with E-state index in [1.807, 2.05) is 0 Å². The van der Waals surface area contributed by atoms with Crippen molar-refractivity contribution >= 4 is 11.7 Å². The number of carbonyl (C=O) groups is 1. The van der Waals surface area contributed by atoms with Gasteiger partial charge in [0.2, 0.25) is 0 Å². The molecule has 3 nitrogen and oxygen atoms in total. The molecule has 4 aliphatic rings. The van der Waals surface area contributed by atoms with Crippen LogP contribution in [0.2, 0.25) is 0 Å². The predicted octanol–water partition coefficient (Wildman–Crippen LogP) is 2.98. The fourth-order valence-corrected chi connectivity index (χ4v) is 4.22. The smallest absolute Gasteiger partial charge is 0.331 e. The first-order chi connectivity index (χ1) is 8.39. The number of hydrogen-bond acceptors (Lipinski definition) is 3. The summed E-state index contributed by atoms with van der Waals surface area (Å²) < 4.78 is 5.86. The molecule has 2 bridgehead atoms. The Hall–Kier alpha value is -0.860. The first-order valence-corrected chi connectivity index (χ1v) is 7.19. The van der Waals surface area contributed by atoms with Crippen LogP contribution in [0.25, 0.3) is 0 Å². The SMILES string of the molecule is CCC[C@@H]1N=C2C[C@@H]3C[C@@H](C3(C)C)[C@]2(C)OC1=O. The van der Waals surface area contributed by atoms with Gasteiger partial charge in [0.15, 0.2) is 5.60 Å². The number of esters is 1. The lowest BCUT2D eigenvalue weighted by atomic mass is 9.43. The van der Waals surface area contributed by atoms with E-state index >= 15 is 0 Å². The van der Waals surface area contributed by atoms with Crippen LogP contribution in [0, 0.1) is 17.3 Å². The summed E-state index contributed by atoms with van der Waals surface area (Å²) in [6, 6.07) is -0.237. The third-order valence-corrected chi connectivity index (χ3v) is 5.61. The Bertz CT molecular complexity index is 426. The molecule has 4 atom stereocenters. The topological polar surface area (TPSA) is 38.7 Å². The van der Waals surface area contributed by atoms with Gasteiger partial charge in [0.1, 0.15) is 6.04 Å². The Morgan fingerprint density at radius 2 is 2.11 bits per heavy atom. The van der Waals surface area contributed by atoms with Crippen LogP contribution in [0.15, 0.2) is 4.99 Å². The zero-order chi connectivity index (χ0) is 13.1. The van der Waals surface area contributed by atoms with Gasteiger partial charge in [0, 0.05) is 5.92 Å². The molecule has 0 aromatic carbocycles. The Labute approximate surface area is 109 Å². The third-order valence-electron chi connectivity index (χ3n) is 5.61. The minimum Gasteiger partial charge on any atom is -0.451 e. The molecule has 100 valence electrons. The van der Waals surface area contributed by atoms with Crippen LogP contribution < -0.4 is 0 Å². The van der Waals surface area contributed by atoms with Crippen LogP contribution in [0.1, 0.15) is 53.4 Å². The second-order valence-corrected chi connectivity index (χ2v) is 6.92. The average molecular weight is 249 g/mol. The van der Waals surface area contributed by atoms with Crippen molar-refractivity contribution in [1.29, 1.82) is 0 Å². The van der Waals surface area contributed by atoms with Gasteiger partial charge in [0.05, 0.1) is 5.71 Å². The Morgan fingerprint density at radius 1 is 1.39 bits per heavy atom. The summed E-state index contributed by atoms with van der Waals surface area (Å²) in [6.45, 7) is 8.77. The largest absolute Gasteiger partial charge is 0.451 e. The van der Waals surface area contributed by atoms with E-state index in [0.717, 1.165) is 30.9 Å². The van der Waals surface area contributed by atoms with Gasteiger partial charge in [-0.25, -0.2) is 4.79 Å². The quantitative estimate of drug-likeness (QED) is 0.706. The summed E-state index contributed by atoms with van der Waals surface area (Å²) in [7, 11) is 0. The minimum absolute atomic E-state index is 0.107. The highest BCUT2D eigenvalue weighted by molar-refractivity contribution is 6.00. The molecular formula is C15H23NO2. The summed E-state index contributed by atoms with van der Waals surface area (Å²) in [5.74, 6) is 1.08. The Kier molecular flexibility index (Phi) is 2.43. The summed E-state index contributed by atoms with van der Waals surface area (Å²) in [6.07, 6.45) is 4.00. The van der Waals surface area contributed by atoms with Gasteiger partial charge in [-0.15, -0.1) is 0 Å². The summed E-state index contributed by atoms with van der Waals surface area (Å²) in [5, 5.41) is 0. The molecule has 4 rings (SSSR count). The van der Waals surface area contributed by atoms with Gasteiger partial charge in [-0.3, -0.25) is 4.99 Å². The zero-order valence-electron chi connectivity index (χ0n) is 11.8. The second kappa shape index (κ2) is 3.58. The minimum atomic E-state index is -0.417. The summed E-state index contributed by atoms with van der Waals surface area (Å²) in [5.41, 5.74) is 1.03. The molecule has 0 N–H and O–H groups in total. The Morgan fingerprint density at radius 3 is 2.72 bits per heavy atom. The van der Waals surface area contributed by atoms with E-state index in [1.165, 1.54) is 6.42 Å². The van der Waals surface area contributed by atoms with E-state index in [0.29, 0.717) is 11.3 Å². The number of hydrogen-bond donors (Lipinski definition) is 0. The first kappa shape index (κ1) is 12.2. The van der Waals surface area contributed by atoms with Crippen LogP contribution in [0.4, 0.5) is 0 Å². The van der Waals surface area contributed by atoms with E-state index in [4.69, 9.17) is 9.73 Å². The van der Waals surface area contributed by atoms with Crippen molar-refractivity contribution in [3.8, 4) is 0 Å². The molecule has 0 unspecified atom stereocenters. The normalized spacial score (nSPS) is 44.6. The van der Waals surface area contributed by atoms with Crippen molar-refractivity contribution in [2.24, 2.45) is 22.2 Å².